The molecular formula is C28H37ClFN3O2. The Bertz CT molecular complexity index is 1030. The van der Waals surface area contributed by atoms with Gasteiger partial charge in [-0.1, -0.05) is 25.1 Å². The van der Waals surface area contributed by atoms with Crippen LogP contribution in [0.15, 0.2) is 36.4 Å². The number of nitrogens with one attached hydrogen (secondary N) is 1. The molecule has 2 atom stereocenters. The molecule has 2 aromatic rings. The van der Waals surface area contributed by atoms with Crippen LogP contribution in [-0.4, -0.2) is 49.4 Å². The topological polar surface area (TPSA) is 52.7 Å². The number of halogens is 2. The van der Waals surface area contributed by atoms with E-state index in [2.05, 4.69) is 10.2 Å². The van der Waals surface area contributed by atoms with Gasteiger partial charge in [0.1, 0.15) is 5.82 Å². The Kier molecular flexibility index (Phi) is 9.31. The van der Waals surface area contributed by atoms with Gasteiger partial charge in [0.05, 0.1) is 0 Å². The molecule has 5 nitrogen and oxygen atoms in total. The zero-order valence-electron chi connectivity index (χ0n) is 21.0. The van der Waals surface area contributed by atoms with Crippen LogP contribution in [0, 0.1) is 31.5 Å². The van der Waals surface area contributed by atoms with E-state index in [1.54, 1.807) is 6.07 Å². The molecule has 35 heavy (non-hydrogen) atoms. The van der Waals surface area contributed by atoms with Crippen LogP contribution in [0.25, 0.3) is 0 Å². The minimum atomic E-state index is -0.189. The smallest absolute Gasteiger partial charge is 0.251 e. The van der Waals surface area contributed by atoms with Crippen LogP contribution in [0.4, 0.5) is 10.1 Å². The third-order valence-corrected chi connectivity index (χ3v) is 7.22. The third kappa shape index (κ3) is 6.42. The van der Waals surface area contributed by atoms with Crippen molar-refractivity contribution in [1.82, 2.24) is 10.2 Å². The van der Waals surface area contributed by atoms with Gasteiger partial charge < -0.3 is 15.1 Å². The number of nitrogens with zero attached hydrogens (tertiary/aromatic N) is 2. The lowest BCUT2D eigenvalue weighted by Gasteiger charge is -2.38. The van der Waals surface area contributed by atoms with Gasteiger partial charge in [0, 0.05) is 36.8 Å². The molecule has 0 spiro atoms. The molecule has 0 radical (unpaired) electrons. The van der Waals surface area contributed by atoms with E-state index in [1.807, 2.05) is 49.9 Å². The Hall–Kier alpha value is -2.44. The second-order valence-corrected chi connectivity index (χ2v) is 10.0. The summed E-state index contributed by atoms with van der Waals surface area (Å²) in [5.74, 6) is -0.118. The fourth-order valence-corrected chi connectivity index (χ4v) is 5.56. The second-order valence-electron chi connectivity index (χ2n) is 10.0. The summed E-state index contributed by atoms with van der Waals surface area (Å²) in [7, 11) is 0. The summed E-state index contributed by atoms with van der Waals surface area (Å²) < 4.78 is 14.2. The van der Waals surface area contributed by atoms with E-state index in [0.717, 1.165) is 42.9 Å². The number of carbonyl (C=O) groups excluding carboxylic acids is 2. The summed E-state index contributed by atoms with van der Waals surface area (Å²) in [4.78, 5) is 30.2. The van der Waals surface area contributed by atoms with Crippen molar-refractivity contribution in [3.8, 4) is 0 Å². The molecule has 2 amide bonds. The lowest BCUT2D eigenvalue weighted by atomic mass is 9.84. The van der Waals surface area contributed by atoms with Crippen molar-refractivity contribution in [3.63, 3.8) is 0 Å². The first-order valence-corrected chi connectivity index (χ1v) is 12.5. The number of anilines is 1. The number of benzene rings is 2. The Balaban J connectivity index is 0.00000342. The fraction of sp³-hybridized carbons (Fsp3) is 0.500. The van der Waals surface area contributed by atoms with Crippen molar-refractivity contribution < 1.29 is 14.0 Å². The van der Waals surface area contributed by atoms with Crippen molar-refractivity contribution in [3.05, 3.63) is 64.5 Å². The van der Waals surface area contributed by atoms with E-state index >= 15 is 0 Å². The number of hydrogen-bond acceptors (Lipinski definition) is 3. The molecule has 190 valence electrons. The average Bonchev–Trinajstić information content (AvgIpc) is 3.31. The van der Waals surface area contributed by atoms with Crippen LogP contribution < -0.4 is 10.2 Å². The molecule has 2 aliphatic heterocycles. The van der Waals surface area contributed by atoms with Gasteiger partial charge in [-0.2, -0.15) is 0 Å². The van der Waals surface area contributed by atoms with Crippen LogP contribution in [0.5, 0.6) is 0 Å². The van der Waals surface area contributed by atoms with Gasteiger partial charge in [0.25, 0.3) is 5.91 Å². The average molecular weight is 502 g/mol. The maximum atomic E-state index is 14.2. The first-order valence-electron chi connectivity index (χ1n) is 12.5. The molecule has 0 aliphatic carbocycles. The maximum absolute atomic E-state index is 14.2. The molecular weight excluding hydrogens is 465 g/mol. The minimum Gasteiger partial charge on any atom is -0.351 e. The van der Waals surface area contributed by atoms with Gasteiger partial charge in [0.2, 0.25) is 5.91 Å². The van der Waals surface area contributed by atoms with Gasteiger partial charge in [-0.15, -0.1) is 12.4 Å². The van der Waals surface area contributed by atoms with Gasteiger partial charge in [-0.3, -0.25) is 9.59 Å². The van der Waals surface area contributed by atoms with Crippen LogP contribution in [0.3, 0.4) is 0 Å². The molecule has 2 fully saturated rings. The zero-order valence-corrected chi connectivity index (χ0v) is 21.8. The van der Waals surface area contributed by atoms with E-state index < -0.39 is 0 Å². The summed E-state index contributed by atoms with van der Waals surface area (Å²) in [6, 6.07) is 10.6. The Morgan fingerprint density at radius 3 is 2.43 bits per heavy atom. The lowest BCUT2D eigenvalue weighted by Crippen LogP contribution is -2.46. The number of hydrogen-bond donors (Lipinski definition) is 1. The highest BCUT2D eigenvalue weighted by Crippen LogP contribution is 2.34. The summed E-state index contributed by atoms with van der Waals surface area (Å²) in [6.07, 6.45) is 3.83. The van der Waals surface area contributed by atoms with Gasteiger partial charge in [0.15, 0.2) is 0 Å². The molecule has 2 heterocycles. The molecule has 7 heteroatoms. The number of piperidine rings is 1. The fourth-order valence-electron chi connectivity index (χ4n) is 5.56. The molecule has 4 rings (SSSR count). The highest BCUT2D eigenvalue weighted by atomic mass is 35.5. The van der Waals surface area contributed by atoms with E-state index in [4.69, 9.17) is 0 Å². The number of carbonyl (C=O) groups is 2. The minimum absolute atomic E-state index is 0. The third-order valence-electron chi connectivity index (χ3n) is 7.22. The quantitative estimate of drug-likeness (QED) is 0.585. The predicted molar refractivity (Wildman–Crippen MR) is 141 cm³/mol. The molecule has 0 unspecified atom stereocenters. The van der Waals surface area contributed by atoms with Crippen molar-refractivity contribution in [2.24, 2.45) is 11.8 Å². The van der Waals surface area contributed by atoms with E-state index in [0.29, 0.717) is 30.6 Å². The molecule has 0 aromatic heterocycles. The maximum Gasteiger partial charge on any atom is 0.251 e. The van der Waals surface area contributed by atoms with Crippen molar-refractivity contribution in [2.75, 3.05) is 37.6 Å². The Morgan fingerprint density at radius 2 is 1.77 bits per heavy atom. The van der Waals surface area contributed by atoms with Crippen molar-refractivity contribution in [1.29, 1.82) is 0 Å². The summed E-state index contributed by atoms with van der Waals surface area (Å²) in [5.41, 5.74) is 4.03. The molecule has 1 N–H and O–H groups in total. The normalized spacial score (nSPS) is 20.6. The molecule has 2 saturated heterocycles. The standard InChI is InChI=1S/C28H36FN3O2.ClH/c1-19-15-24(27(33)30-10-13-31-11-6-7-12-31)16-20(2)26(19)32-18-22(14-21(3)28(32)34)17-23-8-4-5-9-25(23)29;/h4-5,8-9,15-16,21-22H,6-7,10-14,17-18H2,1-3H3,(H,30,33);1H/t21-,22-;/m1./s1. The first kappa shape index (κ1) is 27.2. The lowest BCUT2D eigenvalue weighted by molar-refractivity contribution is -0.124. The predicted octanol–water partition coefficient (Wildman–Crippen LogP) is 4.92. The Morgan fingerprint density at radius 1 is 1.11 bits per heavy atom. The first-order chi connectivity index (χ1) is 16.3. The molecule has 2 aliphatic rings. The number of rotatable bonds is 7. The molecule has 2 aromatic carbocycles. The SMILES string of the molecule is Cc1cc(C(=O)NCCN2CCCC2)cc(C)c1N1C[C@@H](Cc2ccccc2F)C[C@@H](C)C1=O.Cl. The van der Waals surface area contributed by atoms with Gasteiger partial charge >= 0.3 is 0 Å². The molecule has 0 bridgehead atoms. The summed E-state index contributed by atoms with van der Waals surface area (Å²) in [6.45, 7) is 10.2. The Labute approximate surface area is 214 Å². The largest absolute Gasteiger partial charge is 0.351 e. The van der Waals surface area contributed by atoms with Crippen molar-refractivity contribution >= 4 is 29.9 Å². The highest BCUT2D eigenvalue weighted by molar-refractivity contribution is 5.99. The van der Waals surface area contributed by atoms with E-state index in [9.17, 15) is 14.0 Å². The summed E-state index contributed by atoms with van der Waals surface area (Å²) in [5, 5.41) is 3.04. The van der Waals surface area contributed by atoms with Crippen molar-refractivity contribution in [2.45, 2.75) is 46.5 Å². The van der Waals surface area contributed by atoms with Crippen LogP contribution in [0.1, 0.15) is 53.2 Å². The molecule has 0 saturated carbocycles. The summed E-state index contributed by atoms with van der Waals surface area (Å²) >= 11 is 0. The van der Waals surface area contributed by atoms with Gasteiger partial charge in [-0.25, -0.2) is 4.39 Å². The monoisotopic (exact) mass is 501 g/mol. The number of likely N-dealkylation sites (tertiary alicyclic amines) is 1. The number of amides is 2. The van der Waals surface area contributed by atoms with Gasteiger partial charge in [-0.05, 0) is 93.4 Å². The van der Waals surface area contributed by atoms with E-state index in [-0.39, 0.29) is 41.9 Å². The van der Waals surface area contributed by atoms with Crippen LogP contribution >= 0.6 is 12.4 Å². The van der Waals surface area contributed by atoms with Crippen LogP contribution in [0.2, 0.25) is 0 Å². The van der Waals surface area contributed by atoms with Crippen LogP contribution in [-0.2, 0) is 11.2 Å². The van der Waals surface area contributed by atoms with E-state index in [1.165, 1.54) is 18.9 Å². The second kappa shape index (κ2) is 12.0. The number of aryl methyl sites for hydroxylation is 2. The zero-order chi connectivity index (χ0) is 24.2. The highest BCUT2D eigenvalue weighted by Gasteiger charge is 2.34.